The maximum atomic E-state index is 14.2. The van der Waals surface area contributed by atoms with E-state index in [1.165, 1.54) is 0 Å². The Kier molecular flexibility index (Phi) is 7.79. The Balaban J connectivity index is 1.36. The maximum Gasteiger partial charge on any atom is 0.407 e. The van der Waals surface area contributed by atoms with Gasteiger partial charge in [0.2, 0.25) is 42.7 Å². The van der Waals surface area contributed by atoms with Crippen molar-refractivity contribution >= 4 is 25.7 Å². The molecule has 0 saturated heterocycles. The molecule has 42 heavy (non-hydrogen) atoms. The molecule has 0 aliphatic heterocycles. The molecule has 0 spiro atoms. The van der Waals surface area contributed by atoms with E-state index >= 15 is 0 Å². The molecular formula is C28H17BF5N3O5. The van der Waals surface area contributed by atoms with Gasteiger partial charge in [-0.2, -0.15) is 8.78 Å². The lowest BCUT2D eigenvalue weighted by molar-refractivity contribution is -0.137. The number of carbonyl (C=O) groups is 3. The summed E-state index contributed by atoms with van der Waals surface area (Å²) in [5.74, 6) is -16.7. The summed E-state index contributed by atoms with van der Waals surface area (Å²) in [6.07, 6.45) is 0.391. The lowest BCUT2D eigenvalue weighted by atomic mass is 9.98. The van der Waals surface area contributed by atoms with E-state index in [2.05, 4.69) is 15.0 Å². The third-order valence-electron chi connectivity index (χ3n) is 6.60. The first-order valence-electron chi connectivity index (χ1n) is 12.2. The van der Waals surface area contributed by atoms with Crippen LogP contribution in [0.1, 0.15) is 22.7 Å². The number of fused-ring (bicyclic) bond motifs is 3. The van der Waals surface area contributed by atoms with Crippen molar-refractivity contribution < 1.29 is 45.8 Å². The number of aromatic nitrogens is 2. The lowest BCUT2D eigenvalue weighted by Crippen LogP contribution is -2.45. The van der Waals surface area contributed by atoms with E-state index in [0.717, 1.165) is 39.3 Å². The van der Waals surface area contributed by atoms with Gasteiger partial charge in [-0.1, -0.05) is 48.5 Å². The van der Waals surface area contributed by atoms with Crippen molar-refractivity contribution in [2.75, 3.05) is 6.61 Å². The van der Waals surface area contributed by atoms with Gasteiger partial charge in [0.25, 0.3) is 0 Å². The number of alkyl carbamates (subject to hydrolysis) is 1. The summed E-state index contributed by atoms with van der Waals surface area (Å²) >= 11 is 0. The Morgan fingerprint density at radius 3 is 1.98 bits per heavy atom. The van der Waals surface area contributed by atoms with Crippen molar-refractivity contribution in [1.29, 1.82) is 0 Å². The number of nitrogens with zero attached hydrogens (tertiary/aromatic N) is 2. The molecule has 1 heterocycles. The van der Waals surface area contributed by atoms with E-state index in [-0.39, 0.29) is 18.2 Å². The SMILES string of the molecule is [B]C(=O)n1cnc(CC(NC(=O)OCC2c3ccccc3-c3ccccc32)C(=O)Oc2c(F)c(F)c(F)c(F)c2F)c1. The van der Waals surface area contributed by atoms with Crippen molar-refractivity contribution in [3.63, 3.8) is 0 Å². The van der Waals surface area contributed by atoms with Crippen LogP contribution in [0, 0.1) is 29.1 Å². The van der Waals surface area contributed by atoms with E-state index in [4.69, 9.17) is 12.6 Å². The van der Waals surface area contributed by atoms with Gasteiger partial charge in [0, 0.05) is 18.5 Å². The van der Waals surface area contributed by atoms with E-state index in [0.29, 0.717) is 0 Å². The number of nitrogens with one attached hydrogen (secondary N) is 1. The van der Waals surface area contributed by atoms with Crippen LogP contribution in [-0.4, -0.2) is 47.9 Å². The standard InChI is InChI=1S/C28H17BF5N3O5/c29-27(39)37-10-13(35-12-37)9-19(26(38)42-25-23(33)21(31)20(30)22(32)24(25)34)36-28(40)41-11-18-16-7-3-1-5-14(16)15-6-2-4-8-17(15)18/h1-8,10,12,18-19H,9,11H2,(H,36,40). The van der Waals surface area contributed by atoms with Crippen molar-refractivity contribution in [2.24, 2.45) is 0 Å². The van der Waals surface area contributed by atoms with Gasteiger partial charge in [-0.25, -0.2) is 27.7 Å². The number of imidazole rings is 1. The second-order valence-electron chi connectivity index (χ2n) is 9.16. The summed E-state index contributed by atoms with van der Waals surface area (Å²) in [7, 11) is 5.16. The highest BCUT2D eigenvalue weighted by Crippen LogP contribution is 2.44. The van der Waals surface area contributed by atoms with Gasteiger partial charge in [0.05, 0.1) is 5.69 Å². The Hall–Kier alpha value is -5.01. The molecule has 0 fully saturated rings. The molecule has 212 valence electrons. The number of rotatable bonds is 7. The number of esters is 1. The van der Waals surface area contributed by atoms with E-state index < -0.39 is 65.2 Å². The highest BCUT2D eigenvalue weighted by Gasteiger charge is 2.33. The molecule has 1 amide bonds. The van der Waals surface area contributed by atoms with Crippen LogP contribution < -0.4 is 10.1 Å². The third-order valence-corrected chi connectivity index (χ3v) is 6.60. The van der Waals surface area contributed by atoms with Crippen LogP contribution in [0.5, 0.6) is 5.75 Å². The quantitative estimate of drug-likeness (QED) is 0.0844. The fraction of sp³-hybridized carbons (Fsp3) is 0.143. The van der Waals surface area contributed by atoms with Crippen LogP contribution in [0.3, 0.4) is 0 Å². The van der Waals surface area contributed by atoms with E-state index in [1.54, 1.807) is 0 Å². The fourth-order valence-corrected chi connectivity index (χ4v) is 4.62. The molecule has 5 rings (SSSR count). The Labute approximate surface area is 235 Å². The summed E-state index contributed by atoms with van der Waals surface area (Å²) in [5, 5.41) is 2.17. The van der Waals surface area contributed by atoms with Crippen LogP contribution in [0.25, 0.3) is 11.1 Å². The number of hydrogen-bond donors (Lipinski definition) is 1. The predicted molar refractivity (Wildman–Crippen MR) is 136 cm³/mol. The van der Waals surface area contributed by atoms with Crippen LogP contribution >= 0.6 is 0 Å². The monoisotopic (exact) mass is 581 g/mol. The summed E-state index contributed by atoms with van der Waals surface area (Å²) in [5.41, 5.74) is 3.68. The minimum absolute atomic E-state index is 0.0212. The Morgan fingerprint density at radius 1 is 0.881 bits per heavy atom. The summed E-state index contributed by atoms with van der Waals surface area (Å²) in [6, 6.07) is 13.2. The van der Waals surface area contributed by atoms with Crippen LogP contribution in [0.15, 0.2) is 61.1 Å². The maximum absolute atomic E-state index is 14.2. The zero-order valence-corrected chi connectivity index (χ0v) is 21.2. The average Bonchev–Trinajstić information content (AvgIpc) is 3.59. The molecule has 0 saturated carbocycles. The summed E-state index contributed by atoms with van der Waals surface area (Å²) in [6.45, 7) is -0.171. The molecular weight excluding hydrogens is 564 g/mol. The molecule has 8 nitrogen and oxygen atoms in total. The number of ether oxygens (including phenoxy) is 2. The third kappa shape index (κ3) is 5.34. The molecule has 4 aromatic rings. The van der Waals surface area contributed by atoms with Crippen LogP contribution in [0.4, 0.5) is 31.5 Å². The smallest absolute Gasteiger partial charge is 0.407 e. The van der Waals surface area contributed by atoms with Gasteiger partial charge in [-0.05, 0) is 22.3 Å². The fourth-order valence-electron chi connectivity index (χ4n) is 4.62. The molecule has 1 N–H and O–H groups in total. The lowest BCUT2D eigenvalue weighted by Gasteiger charge is -2.19. The van der Waals surface area contributed by atoms with Crippen molar-refractivity contribution in [2.45, 2.75) is 18.4 Å². The first kappa shape index (κ1) is 28.5. The number of benzene rings is 3. The molecule has 1 aliphatic carbocycles. The van der Waals surface area contributed by atoms with Gasteiger partial charge < -0.3 is 14.8 Å². The number of halogens is 5. The van der Waals surface area contributed by atoms with Gasteiger partial charge >= 0.3 is 12.1 Å². The molecule has 0 bridgehead atoms. The van der Waals surface area contributed by atoms with Gasteiger partial charge in [-0.3, -0.25) is 9.36 Å². The Bertz CT molecular complexity index is 1660. The second-order valence-corrected chi connectivity index (χ2v) is 9.16. The van der Waals surface area contributed by atoms with Gasteiger partial charge in [-0.15, -0.1) is 0 Å². The van der Waals surface area contributed by atoms with Crippen molar-refractivity contribution in [3.05, 3.63) is 107 Å². The molecule has 2 radical (unpaired) electrons. The normalized spacial score (nSPS) is 12.8. The second kappa shape index (κ2) is 11.5. The largest absolute Gasteiger partial charge is 0.449 e. The Morgan fingerprint density at radius 2 is 1.43 bits per heavy atom. The van der Waals surface area contributed by atoms with Crippen LogP contribution in [-0.2, 0) is 16.0 Å². The molecule has 1 aromatic heterocycles. The number of carbonyl (C=O) groups excluding carboxylic acids is 3. The highest BCUT2D eigenvalue weighted by atomic mass is 19.2. The molecule has 1 atom stereocenters. The topological polar surface area (TPSA) is 99.5 Å². The molecule has 3 aromatic carbocycles. The first-order chi connectivity index (χ1) is 20.1. The van der Waals surface area contributed by atoms with Crippen molar-refractivity contribution in [3.8, 4) is 16.9 Å². The van der Waals surface area contributed by atoms with Crippen LogP contribution in [0.2, 0.25) is 0 Å². The number of amides is 1. The minimum atomic E-state index is -2.45. The van der Waals surface area contributed by atoms with E-state index in [9.17, 15) is 36.3 Å². The van der Waals surface area contributed by atoms with Gasteiger partial charge in [0.1, 0.15) is 19.0 Å². The highest BCUT2D eigenvalue weighted by molar-refractivity contribution is 6.57. The first-order valence-corrected chi connectivity index (χ1v) is 12.2. The molecule has 14 heteroatoms. The molecule has 1 unspecified atom stereocenters. The summed E-state index contributed by atoms with van der Waals surface area (Å²) in [4.78, 5) is 41.0. The van der Waals surface area contributed by atoms with E-state index in [1.807, 2.05) is 48.5 Å². The minimum Gasteiger partial charge on any atom is -0.449 e. The van der Waals surface area contributed by atoms with Crippen molar-refractivity contribution in [1.82, 2.24) is 14.9 Å². The average molecular weight is 581 g/mol. The molecule has 1 aliphatic rings. The summed E-state index contributed by atoms with van der Waals surface area (Å²) < 4.78 is 79.8. The zero-order valence-electron chi connectivity index (χ0n) is 21.2. The zero-order chi connectivity index (χ0) is 30.1. The number of hydrogen-bond acceptors (Lipinski definition) is 6. The predicted octanol–water partition coefficient (Wildman–Crippen LogP) is 4.77. The van der Waals surface area contributed by atoms with Gasteiger partial charge in [0.15, 0.2) is 5.81 Å².